The van der Waals surface area contributed by atoms with Crippen LogP contribution in [0.1, 0.15) is 52.5 Å². The van der Waals surface area contributed by atoms with E-state index in [1.54, 1.807) is 5.56 Å². The minimum atomic E-state index is 0.368. The van der Waals surface area contributed by atoms with E-state index in [1.165, 1.54) is 17.1 Å². The van der Waals surface area contributed by atoms with Crippen molar-refractivity contribution >= 4 is 11.8 Å². The predicted octanol–water partition coefficient (Wildman–Crippen LogP) is 4.93. The van der Waals surface area contributed by atoms with E-state index >= 15 is 0 Å². The summed E-state index contributed by atoms with van der Waals surface area (Å²) in [6.45, 7) is 12.8. The normalized spacial score (nSPS) is 21.2. The third-order valence-electron chi connectivity index (χ3n) is 4.82. The van der Waals surface area contributed by atoms with Crippen LogP contribution in [-0.2, 0) is 0 Å². The van der Waals surface area contributed by atoms with E-state index in [2.05, 4.69) is 64.2 Å². The van der Waals surface area contributed by atoms with E-state index < -0.39 is 0 Å². The topological polar surface area (TPSA) is 12.0 Å². The summed E-state index contributed by atoms with van der Waals surface area (Å²) in [5.74, 6) is 2.67. The summed E-state index contributed by atoms with van der Waals surface area (Å²) in [7, 11) is 0. The Balaban J connectivity index is 2.09. The van der Waals surface area contributed by atoms with E-state index in [4.69, 9.17) is 0 Å². The zero-order valence-electron chi connectivity index (χ0n) is 13.6. The molecule has 1 nitrogen and oxygen atoms in total. The van der Waals surface area contributed by atoms with Gasteiger partial charge in [-0.3, -0.25) is 0 Å². The van der Waals surface area contributed by atoms with Crippen molar-refractivity contribution in [3.63, 3.8) is 0 Å². The van der Waals surface area contributed by atoms with Crippen molar-refractivity contribution in [2.24, 2.45) is 11.3 Å². The quantitative estimate of drug-likeness (QED) is 0.798. The fourth-order valence-electron chi connectivity index (χ4n) is 2.91. The highest BCUT2D eigenvalue weighted by Crippen LogP contribution is 2.46. The van der Waals surface area contributed by atoms with Crippen molar-refractivity contribution in [3.8, 4) is 0 Å². The van der Waals surface area contributed by atoms with Gasteiger partial charge in [0.1, 0.15) is 0 Å². The molecule has 1 aliphatic rings. The molecule has 0 bridgehead atoms. The van der Waals surface area contributed by atoms with Gasteiger partial charge in [-0.15, -0.1) is 11.8 Å². The second-order valence-electron chi connectivity index (χ2n) is 7.09. The maximum atomic E-state index is 3.66. The van der Waals surface area contributed by atoms with Crippen LogP contribution in [0.5, 0.6) is 0 Å². The molecular weight excluding hydrogens is 262 g/mol. The summed E-state index contributed by atoms with van der Waals surface area (Å²) < 4.78 is 0. The second kappa shape index (κ2) is 6.53. The van der Waals surface area contributed by atoms with Crippen LogP contribution in [0.25, 0.3) is 0 Å². The molecule has 0 saturated heterocycles. The molecule has 0 fully saturated rings. The number of hydrogen-bond acceptors (Lipinski definition) is 2. The molecule has 2 atom stereocenters. The van der Waals surface area contributed by atoms with Gasteiger partial charge >= 0.3 is 0 Å². The molecular formula is C18H29NS. The molecule has 2 unspecified atom stereocenters. The number of thioether (sulfide) groups is 1. The Morgan fingerprint density at radius 1 is 1.25 bits per heavy atom. The van der Waals surface area contributed by atoms with Crippen molar-refractivity contribution in [2.45, 2.75) is 57.9 Å². The van der Waals surface area contributed by atoms with E-state index in [0.29, 0.717) is 17.4 Å². The first-order valence-electron chi connectivity index (χ1n) is 7.87. The van der Waals surface area contributed by atoms with Crippen molar-refractivity contribution in [1.82, 2.24) is 5.32 Å². The average molecular weight is 292 g/mol. The van der Waals surface area contributed by atoms with Gasteiger partial charge in [0, 0.05) is 23.2 Å². The number of hydrogen-bond donors (Lipinski definition) is 1. The lowest BCUT2D eigenvalue weighted by molar-refractivity contribution is 0.176. The molecule has 0 amide bonds. The third kappa shape index (κ3) is 3.59. The summed E-state index contributed by atoms with van der Waals surface area (Å²) in [5, 5.41) is 3.66. The molecule has 0 spiro atoms. The monoisotopic (exact) mass is 291 g/mol. The Morgan fingerprint density at radius 2 is 1.95 bits per heavy atom. The fourth-order valence-corrected chi connectivity index (χ4v) is 4.16. The van der Waals surface area contributed by atoms with Crippen molar-refractivity contribution in [2.75, 3.05) is 12.3 Å². The van der Waals surface area contributed by atoms with Crippen LogP contribution in [0.2, 0.25) is 0 Å². The van der Waals surface area contributed by atoms with Crippen molar-refractivity contribution in [3.05, 3.63) is 29.8 Å². The zero-order valence-corrected chi connectivity index (χ0v) is 14.4. The number of benzene rings is 1. The lowest BCUT2D eigenvalue weighted by Crippen LogP contribution is -2.40. The van der Waals surface area contributed by atoms with Crippen LogP contribution in [0.15, 0.2) is 29.2 Å². The lowest BCUT2D eigenvalue weighted by atomic mass is 9.71. The zero-order chi connectivity index (χ0) is 14.8. The fraction of sp³-hybridized carbons (Fsp3) is 0.667. The summed E-state index contributed by atoms with van der Waals surface area (Å²) in [6.07, 6.45) is 1.29. The van der Waals surface area contributed by atoms with E-state index in [1.807, 2.05) is 11.8 Å². The van der Waals surface area contributed by atoms with Crippen molar-refractivity contribution < 1.29 is 0 Å². The van der Waals surface area contributed by atoms with Crippen LogP contribution in [0.4, 0.5) is 0 Å². The van der Waals surface area contributed by atoms with Gasteiger partial charge in [0.25, 0.3) is 0 Å². The Kier molecular flexibility index (Phi) is 5.19. The second-order valence-corrected chi connectivity index (χ2v) is 8.16. The number of fused-ring (bicyclic) bond motifs is 1. The minimum absolute atomic E-state index is 0.368. The molecule has 0 aliphatic carbocycles. The summed E-state index contributed by atoms with van der Waals surface area (Å²) in [5.41, 5.74) is 1.95. The molecule has 1 aromatic rings. The first-order chi connectivity index (χ1) is 9.42. The molecule has 0 saturated carbocycles. The highest BCUT2D eigenvalue weighted by molar-refractivity contribution is 7.99. The van der Waals surface area contributed by atoms with E-state index in [-0.39, 0.29) is 0 Å². The lowest BCUT2D eigenvalue weighted by Gasteiger charge is -2.37. The van der Waals surface area contributed by atoms with Crippen LogP contribution >= 0.6 is 11.8 Å². The Morgan fingerprint density at radius 3 is 2.60 bits per heavy atom. The maximum absolute atomic E-state index is 3.66. The van der Waals surface area contributed by atoms with Gasteiger partial charge in [0.05, 0.1) is 0 Å². The first kappa shape index (κ1) is 15.9. The Bertz CT molecular complexity index is 441. The highest BCUT2D eigenvalue weighted by atomic mass is 32.2. The van der Waals surface area contributed by atoms with Gasteiger partial charge in [-0.2, -0.15) is 0 Å². The van der Waals surface area contributed by atoms with Crippen LogP contribution in [-0.4, -0.2) is 18.3 Å². The molecule has 1 aromatic carbocycles. The molecule has 1 heterocycles. The highest BCUT2D eigenvalue weighted by Gasteiger charge is 2.34. The summed E-state index contributed by atoms with van der Waals surface area (Å²) >= 11 is 2.03. The average Bonchev–Trinajstić information content (AvgIpc) is 2.80. The van der Waals surface area contributed by atoms with Gasteiger partial charge in [-0.1, -0.05) is 52.8 Å². The standard InChI is InChI=1S/C18H29NS/c1-13(2)18(5,12-19-14(3)4)10-15-11-20-17-9-7-6-8-16(15)17/h6-9,13-15,19H,10-12H2,1-5H3. The van der Waals surface area contributed by atoms with E-state index in [0.717, 1.165) is 12.5 Å². The Hall–Kier alpha value is -0.470. The summed E-state index contributed by atoms with van der Waals surface area (Å²) in [6, 6.07) is 9.53. The molecule has 20 heavy (non-hydrogen) atoms. The largest absolute Gasteiger partial charge is 0.314 e. The number of nitrogens with one attached hydrogen (secondary N) is 1. The van der Waals surface area contributed by atoms with Gasteiger partial charge in [0.2, 0.25) is 0 Å². The van der Waals surface area contributed by atoms with Gasteiger partial charge in [-0.05, 0) is 35.3 Å². The molecule has 0 radical (unpaired) electrons. The Labute approximate surface area is 128 Å². The van der Waals surface area contributed by atoms with Crippen LogP contribution in [0.3, 0.4) is 0 Å². The molecule has 0 aromatic heterocycles. The minimum Gasteiger partial charge on any atom is -0.314 e. The smallest absolute Gasteiger partial charge is 0.0107 e. The molecule has 1 aliphatic heterocycles. The third-order valence-corrected chi connectivity index (χ3v) is 6.07. The van der Waals surface area contributed by atoms with Crippen LogP contribution < -0.4 is 5.32 Å². The molecule has 1 N–H and O–H groups in total. The van der Waals surface area contributed by atoms with Gasteiger partial charge in [0.15, 0.2) is 0 Å². The first-order valence-corrected chi connectivity index (χ1v) is 8.86. The molecule has 2 rings (SSSR count). The summed E-state index contributed by atoms with van der Waals surface area (Å²) in [4.78, 5) is 1.50. The molecule has 2 heteroatoms. The predicted molar refractivity (Wildman–Crippen MR) is 90.6 cm³/mol. The SMILES string of the molecule is CC(C)NCC(C)(CC1CSc2ccccc21)C(C)C. The van der Waals surface area contributed by atoms with E-state index in [9.17, 15) is 0 Å². The maximum Gasteiger partial charge on any atom is 0.0107 e. The molecule has 112 valence electrons. The van der Waals surface area contributed by atoms with Crippen LogP contribution in [0, 0.1) is 11.3 Å². The van der Waals surface area contributed by atoms with Gasteiger partial charge < -0.3 is 5.32 Å². The van der Waals surface area contributed by atoms with Gasteiger partial charge in [-0.25, -0.2) is 0 Å². The number of rotatable bonds is 6. The van der Waals surface area contributed by atoms with Crippen molar-refractivity contribution in [1.29, 1.82) is 0 Å².